The van der Waals surface area contributed by atoms with Crippen LogP contribution in [0, 0.1) is 11.8 Å². The maximum Gasteiger partial charge on any atom is 0.248 e. The van der Waals surface area contributed by atoms with Crippen LogP contribution in [0.4, 0.5) is 5.69 Å². The molecule has 212 valence electrons. The van der Waals surface area contributed by atoms with Crippen molar-refractivity contribution in [1.82, 2.24) is 9.80 Å². The molecule has 3 fully saturated rings. The predicted molar refractivity (Wildman–Crippen MR) is 151 cm³/mol. The van der Waals surface area contributed by atoms with Crippen molar-refractivity contribution in [2.75, 3.05) is 37.7 Å². The minimum Gasteiger partial charge on any atom is -0.395 e. The Kier molecular flexibility index (Phi) is 8.96. The second-order valence-corrected chi connectivity index (χ2v) is 10.9. The van der Waals surface area contributed by atoms with Crippen LogP contribution in [-0.4, -0.2) is 82.7 Å². The summed E-state index contributed by atoms with van der Waals surface area (Å²) in [7, 11) is 0. The van der Waals surface area contributed by atoms with Gasteiger partial charge in [-0.1, -0.05) is 57.0 Å². The number of β-amino-alcohol motifs (C(OH)–C–C–N with tert-alkyl or cyclic N) is 1. The molecule has 3 aliphatic rings. The number of benzene rings is 1. The lowest BCUT2D eigenvalue weighted by Crippen LogP contribution is -2.56. The number of para-hydroxylation sites is 1. The minimum atomic E-state index is -1.11. The molecule has 8 heteroatoms. The summed E-state index contributed by atoms with van der Waals surface area (Å²) in [4.78, 5) is 47.7. The Morgan fingerprint density at radius 2 is 1.82 bits per heavy atom. The van der Waals surface area contributed by atoms with Gasteiger partial charge in [-0.25, -0.2) is 0 Å². The van der Waals surface area contributed by atoms with Crippen LogP contribution in [0.1, 0.15) is 52.4 Å². The second-order valence-electron chi connectivity index (χ2n) is 10.9. The lowest BCUT2D eigenvalue weighted by atomic mass is 9.64. The van der Waals surface area contributed by atoms with Crippen molar-refractivity contribution in [2.45, 2.75) is 69.6 Å². The smallest absolute Gasteiger partial charge is 0.248 e. The number of fused-ring (bicyclic) bond motifs is 1. The number of carbonyl (C=O) groups is 3. The summed E-state index contributed by atoms with van der Waals surface area (Å²) in [5, 5.41) is 9.91. The van der Waals surface area contributed by atoms with Gasteiger partial charge in [-0.15, -0.1) is 13.2 Å². The normalized spacial score (nSPS) is 28.8. The molecule has 2 unspecified atom stereocenters. The lowest BCUT2D eigenvalue weighted by Gasteiger charge is -2.37. The first-order chi connectivity index (χ1) is 18.9. The van der Waals surface area contributed by atoms with Crippen LogP contribution < -0.4 is 4.90 Å². The van der Waals surface area contributed by atoms with Gasteiger partial charge >= 0.3 is 0 Å². The second kappa shape index (κ2) is 12.0. The summed E-state index contributed by atoms with van der Waals surface area (Å²) in [5.41, 5.74) is -1.22. The van der Waals surface area contributed by atoms with Gasteiger partial charge in [-0.3, -0.25) is 14.4 Å². The molecule has 3 saturated heterocycles. The molecule has 1 aromatic rings. The highest BCUT2D eigenvalue weighted by atomic mass is 16.5. The minimum absolute atomic E-state index is 0.0167. The molecule has 0 saturated carbocycles. The molecule has 8 nitrogen and oxygen atoms in total. The van der Waals surface area contributed by atoms with E-state index in [1.807, 2.05) is 37.3 Å². The van der Waals surface area contributed by atoms with E-state index in [0.717, 1.165) is 24.9 Å². The Bertz CT molecular complexity index is 1080. The van der Waals surface area contributed by atoms with Crippen molar-refractivity contribution in [1.29, 1.82) is 0 Å². The van der Waals surface area contributed by atoms with Gasteiger partial charge in [0, 0.05) is 31.9 Å². The summed E-state index contributed by atoms with van der Waals surface area (Å²) < 4.78 is 6.86. The molecule has 39 heavy (non-hydrogen) atoms. The van der Waals surface area contributed by atoms with Crippen LogP contribution in [0.25, 0.3) is 0 Å². The first-order valence-corrected chi connectivity index (χ1v) is 14.3. The van der Waals surface area contributed by atoms with E-state index >= 15 is 0 Å². The molecule has 0 radical (unpaired) electrons. The van der Waals surface area contributed by atoms with E-state index in [1.54, 1.807) is 22.0 Å². The van der Waals surface area contributed by atoms with Crippen molar-refractivity contribution in [3.05, 3.63) is 55.6 Å². The van der Waals surface area contributed by atoms with Crippen molar-refractivity contribution < 1.29 is 24.2 Å². The zero-order valence-corrected chi connectivity index (χ0v) is 23.4. The number of ether oxygens (including phenoxy) is 1. The summed E-state index contributed by atoms with van der Waals surface area (Å²) in [6.45, 7) is 12.7. The number of likely N-dealkylation sites (tertiary alicyclic amines) is 1. The van der Waals surface area contributed by atoms with Crippen LogP contribution >= 0.6 is 0 Å². The molecule has 0 aliphatic carbocycles. The van der Waals surface area contributed by atoms with Gasteiger partial charge in [0.1, 0.15) is 11.6 Å². The predicted octanol–water partition coefficient (Wildman–Crippen LogP) is 3.56. The molecule has 4 rings (SSSR count). The summed E-state index contributed by atoms with van der Waals surface area (Å²) >= 11 is 0. The molecule has 2 bridgehead atoms. The van der Waals surface area contributed by atoms with E-state index in [2.05, 4.69) is 20.1 Å². The number of aliphatic hydroxyl groups excluding tert-OH is 1. The van der Waals surface area contributed by atoms with E-state index in [1.165, 1.54) is 4.90 Å². The zero-order valence-electron chi connectivity index (χ0n) is 23.4. The molecule has 3 amide bonds. The fourth-order valence-corrected chi connectivity index (χ4v) is 7.12. The van der Waals surface area contributed by atoms with Crippen LogP contribution in [0.5, 0.6) is 0 Å². The summed E-state index contributed by atoms with van der Waals surface area (Å²) in [6, 6.07) is 8.49. The van der Waals surface area contributed by atoms with E-state index in [9.17, 15) is 19.5 Å². The number of carbonyl (C=O) groups excluding carboxylic acids is 3. The molecular weight excluding hydrogens is 494 g/mol. The number of nitrogens with zero attached hydrogens (tertiary/aromatic N) is 3. The van der Waals surface area contributed by atoms with Crippen molar-refractivity contribution in [2.24, 2.45) is 11.8 Å². The van der Waals surface area contributed by atoms with Gasteiger partial charge < -0.3 is 24.5 Å². The Hall–Kier alpha value is -2.97. The molecular formula is C31H43N3O5. The molecule has 0 aromatic heterocycles. The fraction of sp³-hybridized carbons (Fsp3) is 0.581. The molecule has 3 aliphatic heterocycles. The van der Waals surface area contributed by atoms with Gasteiger partial charge in [-0.2, -0.15) is 0 Å². The maximum absolute atomic E-state index is 14.4. The quantitative estimate of drug-likeness (QED) is 0.290. The Morgan fingerprint density at radius 1 is 1.10 bits per heavy atom. The standard InChI is InChI=1S/C31H43N3O5/c1-5-9-13-20-32(18-6-2)29(38)26-31-17-16-30(8-4,39-31)24(25(31)28(37)34(26)21-22-35)27(36)33(19-7-3)23-14-11-10-12-15-23/h6-7,10-12,14-15,24-26,35H,2-3,5,8-9,13,16-22H2,1,4H3/t24-,25-,26?,30+,31?/m0/s1. The van der Waals surface area contributed by atoms with E-state index in [4.69, 9.17) is 4.74 Å². The zero-order chi connectivity index (χ0) is 28.2. The molecule has 1 N–H and O–H groups in total. The van der Waals surface area contributed by atoms with Crippen LogP contribution in [-0.2, 0) is 19.1 Å². The monoisotopic (exact) mass is 537 g/mol. The number of hydrogen-bond acceptors (Lipinski definition) is 5. The topological polar surface area (TPSA) is 90.4 Å². The van der Waals surface area contributed by atoms with Crippen molar-refractivity contribution in [3.8, 4) is 0 Å². The number of hydrogen-bond donors (Lipinski definition) is 1. The Balaban J connectivity index is 1.77. The van der Waals surface area contributed by atoms with Gasteiger partial charge in [0.25, 0.3) is 0 Å². The average molecular weight is 538 g/mol. The number of rotatable bonds is 14. The fourth-order valence-electron chi connectivity index (χ4n) is 7.12. The van der Waals surface area contributed by atoms with Gasteiger partial charge in [0.2, 0.25) is 17.7 Å². The lowest BCUT2D eigenvalue weighted by molar-refractivity contribution is -0.153. The molecule has 1 aromatic carbocycles. The third-order valence-corrected chi connectivity index (χ3v) is 8.86. The Labute approximate surface area is 232 Å². The van der Waals surface area contributed by atoms with E-state index in [0.29, 0.717) is 38.9 Å². The van der Waals surface area contributed by atoms with Crippen molar-refractivity contribution in [3.63, 3.8) is 0 Å². The third-order valence-electron chi connectivity index (χ3n) is 8.86. The van der Waals surface area contributed by atoms with Crippen LogP contribution in [0.2, 0.25) is 0 Å². The highest BCUT2D eigenvalue weighted by molar-refractivity contribution is 6.03. The molecule has 3 heterocycles. The number of aliphatic hydroxyl groups is 1. The third kappa shape index (κ3) is 4.82. The highest BCUT2D eigenvalue weighted by Crippen LogP contribution is 2.64. The molecule has 5 atom stereocenters. The van der Waals surface area contributed by atoms with Crippen LogP contribution in [0.3, 0.4) is 0 Å². The summed E-state index contributed by atoms with van der Waals surface area (Å²) in [6.07, 6.45) is 7.90. The average Bonchev–Trinajstić information content (AvgIpc) is 3.55. The van der Waals surface area contributed by atoms with E-state index < -0.39 is 29.1 Å². The highest BCUT2D eigenvalue weighted by Gasteiger charge is 2.79. The van der Waals surface area contributed by atoms with Gasteiger partial charge in [-0.05, 0) is 37.8 Å². The first kappa shape index (κ1) is 29.0. The van der Waals surface area contributed by atoms with Gasteiger partial charge in [0.15, 0.2) is 0 Å². The van der Waals surface area contributed by atoms with Crippen LogP contribution in [0.15, 0.2) is 55.6 Å². The largest absolute Gasteiger partial charge is 0.395 e. The van der Waals surface area contributed by atoms with E-state index in [-0.39, 0.29) is 30.9 Å². The number of unbranched alkanes of at least 4 members (excludes halogenated alkanes) is 2. The number of anilines is 1. The Morgan fingerprint density at radius 3 is 2.44 bits per heavy atom. The molecule has 1 spiro atoms. The maximum atomic E-state index is 14.4. The summed E-state index contributed by atoms with van der Waals surface area (Å²) in [5.74, 6) is -2.20. The number of amides is 3. The SMILES string of the molecule is C=CCN(CCCCC)C(=O)C1N(CCO)C(=O)[C@@H]2[C@@H](C(=O)N(CC=C)c3ccccc3)[C@@]3(CC)CCC12O3. The first-order valence-electron chi connectivity index (χ1n) is 14.3. The van der Waals surface area contributed by atoms with Crippen molar-refractivity contribution >= 4 is 23.4 Å². The van der Waals surface area contributed by atoms with Gasteiger partial charge in [0.05, 0.1) is 24.0 Å².